The van der Waals surface area contributed by atoms with Crippen molar-refractivity contribution in [1.82, 2.24) is 20.2 Å². The molecule has 0 aromatic carbocycles. The molecule has 146 valence electrons. The number of rotatable bonds is 3. The van der Waals surface area contributed by atoms with Crippen molar-refractivity contribution in [1.29, 1.82) is 0 Å². The Hall–Kier alpha value is -3.01. The Morgan fingerprint density at radius 1 is 1.36 bits per heavy atom. The quantitative estimate of drug-likeness (QED) is 0.716. The fraction of sp³-hybridized carbons (Fsp3) is 0.389. The highest BCUT2D eigenvalue weighted by atomic mass is 32.1. The SMILES string of the molecule is Cc1csc(NC(=O)CN2CC[C@]3(CCC2=O)NC(=O)c2cccnc2N3)n1. The molecule has 28 heavy (non-hydrogen) atoms. The van der Waals surface area contributed by atoms with Gasteiger partial charge in [-0.15, -0.1) is 11.3 Å². The van der Waals surface area contributed by atoms with Gasteiger partial charge in [-0.25, -0.2) is 9.97 Å². The van der Waals surface area contributed by atoms with Crippen LogP contribution in [0.3, 0.4) is 0 Å². The maximum atomic E-state index is 12.5. The first kappa shape index (κ1) is 18.4. The summed E-state index contributed by atoms with van der Waals surface area (Å²) in [6.45, 7) is 2.15. The van der Waals surface area contributed by atoms with Crippen molar-refractivity contribution >= 4 is 40.0 Å². The van der Waals surface area contributed by atoms with E-state index in [1.54, 1.807) is 18.3 Å². The molecule has 2 aliphatic heterocycles. The summed E-state index contributed by atoms with van der Waals surface area (Å²) < 4.78 is 0. The van der Waals surface area contributed by atoms with Gasteiger partial charge < -0.3 is 20.9 Å². The van der Waals surface area contributed by atoms with E-state index in [0.29, 0.717) is 35.9 Å². The minimum atomic E-state index is -0.744. The van der Waals surface area contributed by atoms with Crippen LogP contribution >= 0.6 is 11.3 Å². The summed E-state index contributed by atoms with van der Waals surface area (Å²) in [5, 5.41) is 11.4. The number of likely N-dealkylation sites (tertiary alicyclic amines) is 1. The molecule has 4 rings (SSSR count). The summed E-state index contributed by atoms with van der Waals surface area (Å²) in [5.41, 5.74) is 0.575. The molecular formula is C18H20N6O3S. The molecule has 9 nitrogen and oxygen atoms in total. The number of anilines is 2. The van der Waals surface area contributed by atoms with Gasteiger partial charge in [-0.1, -0.05) is 0 Å². The van der Waals surface area contributed by atoms with E-state index >= 15 is 0 Å². The van der Waals surface area contributed by atoms with Gasteiger partial charge in [0.15, 0.2) is 5.13 Å². The third-order valence-corrected chi connectivity index (χ3v) is 5.77. The second kappa shape index (κ2) is 7.19. The van der Waals surface area contributed by atoms with E-state index in [4.69, 9.17) is 0 Å². The fourth-order valence-electron chi connectivity index (χ4n) is 3.45. The van der Waals surface area contributed by atoms with Crippen molar-refractivity contribution in [2.45, 2.75) is 31.8 Å². The topological polar surface area (TPSA) is 116 Å². The van der Waals surface area contributed by atoms with Crippen LogP contribution in [0, 0.1) is 6.92 Å². The van der Waals surface area contributed by atoms with Gasteiger partial charge >= 0.3 is 0 Å². The number of pyridine rings is 1. The molecule has 2 aromatic rings. The van der Waals surface area contributed by atoms with Crippen molar-refractivity contribution in [3.63, 3.8) is 0 Å². The van der Waals surface area contributed by atoms with Crippen molar-refractivity contribution in [2.24, 2.45) is 0 Å². The van der Waals surface area contributed by atoms with Crippen LogP contribution in [0.15, 0.2) is 23.7 Å². The van der Waals surface area contributed by atoms with Gasteiger partial charge in [0.05, 0.1) is 17.8 Å². The minimum Gasteiger partial charge on any atom is -0.347 e. The van der Waals surface area contributed by atoms with Gasteiger partial charge in [-0.2, -0.15) is 0 Å². The van der Waals surface area contributed by atoms with Gasteiger partial charge in [-0.05, 0) is 25.5 Å². The molecule has 1 fully saturated rings. The zero-order valence-electron chi connectivity index (χ0n) is 15.3. The summed E-state index contributed by atoms with van der Waals surface area (Å²) >= 11 is 1.35. The number of amides is 3. The van der Waals surface area contributed by atoms with E-state index in [2.05, 4.69) is 25.9 Å². The Morgan fingerprint density at radius 3 is 3.00 bits per heavy atom. The number of carbonyl (C=O) groups excluding carboxylic acids is 3. The van der Waals surface area contributed by atoms with Crippen LogP contribution in [0.25, 0.3) is 0 Å². The first-order valence-electron chi connectivity index (χ1n) is 9.00. The van der Waals surface area contributed by atoms with E-state index in [1.807, 2.05) is 12.3 Å². The third-order valence-electron chi connectivity index (χ3n) is 4.89. The van der Waals surface area contributed by atoms with E-state index < -0.39 is 5.66 Å². The Morgan fingerprint density at radius 2 is 2.21 bits per heavy atom. The number of hydrogen-bond acceptors (Lipinski definition) is 7. The van der Waals surface area contributed by atoms with Crippen LogP contribution in [0.1, 0.15) is 35.3 Å². The number of nitrogens with zero attached hydrogens (tertiary/aromatic N) is 3. The van der Waals surface area contributed by atoms with E-state index in [9.17, 15) is 14.4 Å². The largest absolute Gasteiger partial charge is 0.347 e. The van der Waals surface area contributed by atoms with Crippen molar-refractivity contribution in [3.05, 3.63) is 35.0 Å². The normalized spacial score (nSPS) is 21.5. The third kappa shape index (κ3) is 3.68. The lowest BCUT2D eigenvalue weighted by Crippen LogP contribution is -2.58. The lowest BCUT2D eigenvalue weighted by Gasteiger charge is -2.39. The molecule has 3 N–H and O–H groups in total. The van der Waals surface area contributed by atoms with Crippen LogP contribution in [0.5, 0.6) is 0 Å². The van der Waals surface area contributed by atoms with E-state index in [0.717, 1.165) is 5.69 Å². The first-order valence-corrected chi connectivity index (χ1v) is 9.88. The molecule has 0 radical (unpaired) electrons. The highest BCUT2D eigenvalue weighted by molar-refractivity contribution is 7.13. The van der Waals surface area contributed by atoms with Crippen molar-refractivity contribution < 1.29 is 14.4 Å². The number of fused-ring (bicyclic) bond motifs is 1. The molecule has 4 heterocycles. The van der Waals surface area contributed by atoms with E-state index in [-0.39, 0.29) is 30.7 Å². The lowest BCUT2D eigenvalue weighted by atomic mass is 9.97. The van der Waals surface area contributed by atoms with Crippen LogP contribution in [0.4, 0.5) is 10.9 Å². The number of aryl methyl sites for hydroxylation is 1. The summed E-state index contributed by atoms with van der Waals surface area (Å²) in [6.07, 6.45) is 2.75. The van der Waals surface area contributed by atoms with E-state index in [1.165, 1.54) is 16.2 Å². The summed E-state index contributed by atoms with van der Waals surface area (Å²) in [6, 6.07) is 3.41. The second-order valence-corrected chi connectivity index (χ2v) is 7.83. The Bertz CT molecular complexity index is 945. The number of carbonyl (C=O) groups is 3. The number of thiazole rings is 1. The predicted molar refractivity (Wildman–Crippen MR) is 104 cm³/mol. The Balaban J connectivity index is 1.43. The van der Waals surface area contributed by atoms with Crippen LogP contribution in [0.2, 0.25) is 0 Å². The predicted octanol–water partition coefficient (Wildman–Crippen LogP) is 1.35. The first-order chi connectivity index (χ1) is 13.4. The number of hydrogen-bond donors (Lipinski definition) is 3. The molecule has 0 aliphatic carbocycles. The maximum absolute atomic E-state index is 12.5. The lowest BCUT2D eigenvalue weighted by molar-refractivity contribution is -0.134. The summed E-state index contributed by atoms with van der Waals surface area (Å²) in [7, 11) is 0. The molecule has 0 saturated carbocycles. The Labute approximate surface area is 165 Å². The molecule has 0 unspecified atom stereocenters. The highest BCUT2D eigenvalue weighted by Crippen LogP contribution is 2.30. The average molecular weight is 400 g/mol. The standard InChI is InChI=1S/C18H20N6O3S/c1-11-10-28-17(20-11)21-13(25)9-24-8-6-18(5-4-14(24)26)22-15-12(16(27)23-18)3-2-7-19-15/h2-3,7,10H,4-6,8-9H2,1H3,(H,19,22)(H,23,27)(H,20,21,25)/t18-/m0/s1. The molecule has 2 aromatic heterocycles. The zero-order chi connectivity index (χ0) is 19.7. The van der Waals surface area contributed by atoms with Crippen LogP contribution < -0.4 is 16.0 Å². The van der Waals surface area contributed by atoms with Gasteiger partial charge in [0.25, 0.3) is 5.91 Å². The maximum Gasteiger partial charge on any atom is 0.256 e. The highest BCUT2D eigenvalue weighted by Gasteiger charge is 2.41. The molecule has 3 amide bonds. The molecule has 0 bridgehead atoms. The summed E-state index contributed by atoms with van der Waals surface area (Å²) in [4.78, 5) is 47.3. The van der Waals surface area contributed by atoms with Crippen LogP contribution in [-0.2, 0) is 9.59 Å². The molecule has 2 aliphatic rings. The van der Waals surface area contributed by atoms with Gasteiger partial charge in [0.2, 0.25) is 11.8 Å². The molecular weight excluding hydrogens is 380 g/mol. The Kier molecular flexibility index (Phi) is 4.71. The molecule has 1 atom stereocenters. The molecule has 1 saturated heterocycles. The van der Waals surface area contributed by atoms with Crippen molar-refractivity contribution in [3.8, 4) is 0 Å². The zero-order valence-corrected chi connectivity index (χ0v) is 16.1. The smallest absolute Gasteiger partial charge is 0.256 e. The summed E-state index contributed by atoms with van der Waals surface area (Å²) in [5.74, 6) is -0.0971. The molecule has 1 spiro atoms. The number of nitrogens with one attached hydrogen (secondary N) is 3. The van der Waals surface area contributed by atoms with Gasteiger partial charge in [0, 0.05) is 31.0 Å². The number of aromatic nitrogens is 2. The molecule has 10 heteroatoms. The second-order valence-electron chi connectivity index (χ2n) is 6.97. The average Bonchev–Trinajstić information content (AvgIpc) is 3.01. The fourth-order valence-corrected chi connectivity index (χ4v) is 4.15. The van der Waals surface area contributed by atoms with Crippen LogP contribution in [-0.4, -0.2) is 51.3 Å². The van der Waals surface area contributed by atoms with Crippen molar-refractivity contribution in [2.75, 3.05) is 23.7 Å². The minimum absolute atomic E-state index is 0.0453. The monoisotopic (exact) mass is 400 g/mol. The van der Waals surface area contributed by atoms with Gasteiger partial charge in [-0.3, -0.25) is 14.4 Å². The van der Waals surface area contributed by atoms with Gasteiger partial charge in [0.1, 0.15) is 11.5 Å².